The molecule has 1 aliphatic carbocycles. The van der Waals surface area contributed by atoms with Crippen LogP contribution in [0.2, 0.25) is 0 Å². The zero-order chi connectivity index (χ0) is 17.3. The first kappa shape index (κ1) is 16.4. The fourth-order valence-electron chi connectivity index (χ4n) is 3.50. The minimum atomic E-state index is 0.0528. The monoisotopic (exact) mass is 390 g/mol. The van der Waals surface area contributed by atoms with Crippen molar-refractivity contribution in [3.05, 3.63) is 112 Å². The first-order valence-electron chi connectivity index (χ1n) is 8.76. The summed E-state index contributed by atoms with van der Waals surface area (Å²) in [4.78, 5) is 0. The van der Waals surface area contributed by atoms with E-state index in [2.05, 4.69) is 98.8 Å². The molecule has 3 aromatic carbocycles. The fourth-order valence-corrected chi connectivity index (χ4v) is 6.03. The fraction of sp³-hybridized carbons (Fsp3) is 0.167. The van der Waals surface area contributed by atoms with Gasteiger partial charge in [0, 0.05) is 0 Å². The van der Waals surface area contributed by atoms with E-state index >= 15 is 0 Å². The topological polar surface area (TPSA) is 0 Å². The first-order chi connectivity index (χ1) is 12.2. The predicted molar refractivity (Wildman–Crippen MR) is 108 cm³/mol. The second kappa shape index (κ2) is 6.67. The van der Waals surface area contributed by atoms with E-state index in [1.54, 1.807) is 4.47 Å². The van der Waals surface area contributed by atoms with Crippen LogP contribution in [-0.4, -0.2) is 15.0 Å². The van der Waals surface area contributed by atoms with Gasteiger partial charge in [0.15, 0.2) is 0 Å². The number of aryl methyl sites for hydroxylation is 2. The van der Waals surface area contributed by atoms with Crippen LogP contribution in [0.25, 0.3) is 0 Å². The molecule has 0 fully saturated rings. The number of benzene rings is 3. The molecule has 0 aromatic heterocycles. The molecule has 0 nitrogen and oxygen atoms in total. The van der Waals surface area contributed by atoms with Crippen LogP contribution in [0.15, 0.2) is 89.4 Å². The molecular formula is C24H22Se. The van der Waals surface area contributed by atoms with Crippen LogP contribution >= 0.6 is 0 Å². The van der Waals surface area contributed by atoms with Crippen LogP contribution in [0.4, 0.5) is 0 Å². The quantitative estimate of drug-likeness (QED) is 0.557. The van der Waals surface area contributed by atoms with Gasteiger partial charge in [-0.05, 0) is 0 Å². The number of hydrogen-bond acceptors (Lipinski definition) is 0. The molecule has 0 amide bonds. The summed E-state index contributed by atoms with van der Waals surface area (Å²) >= 11 is 0.356. The Kier molecular flexibility index (Phi) is 4.37. The average Bonchev–Trinajstić information content (AvgIpc) is 2.63. The van der Waals surface area contributed by atoms with Crippen molar-refractivity contribution in [3.63, 3.8) is 0 Å². The van der Waals surface area contributed by atoms with Gasteiger partial charge in [-0.1, -0.05) is 0 Å². The van der Waals surface area contributed by atoms with Crippen molar-refractivity contribution in [2.45, 2.75) is 25.7 Å². The molecule has 4 rings (SSSR count). The van der Waals surface area contributed by atoms with Crippen LogP contribution in [0, 0.1) is 13.8 Å². The Labute approximate surface area is 156 Å². The Bertz CT molecular complexity index is 842. The van der Waals surface area contributed by atoms with Crippen molar-refractivity contribution in [1.29, 1.82) is 0 Å². The van der Waals surface area contributed by atoms with Gasteiger partial charge in [0.2, 0.25) is 0 Å². The van der Waals surface area contributed by atoms with Crippen LogP contribution in [0.5, 0.6) is 0 Å². The SMILES string of the molecule is Cc1ccc(C2(c3ccc(C)cc3)CC=C2[Se]c2ccccc2)cc1. The van der Waals surface area contributed by atoms with Crippen molar-refractivity contribution >= 4 is 19.4 Å². The Hall–Kier alpha value is -2.08. The van der Waals surface area contributed by atoms with Crippen LogP contribution in [-0.2, 0) is 5.41 Å². The van der Waals surface area contributed by atoms with Crippen molar-refractivity contribution in [1.82, 2.24) is 0 Å². The van der Waals surface area contributed by atoms with Crippen molar-refractivity contribution in [3.8, 4) is 0 Å². The molecule has 0 spiro atoms. The van der Waals surface area contributed by atoms with Crippen molar-refractivity contribution in [2.24, 2.45) is 0 Å². The summed E-state index contributed by atoms with van der Waals surface area (Å²) in [6.45, 7) is 4.32. The van der Waals surface area contributed by atoms with Crippen LogP contribution < -0.4 is 4.46 Å². The predicted octanol–water partition coefficient (Wildman–Crippen LogP) is 4.91. The molecule has 25 heavy (non-hydrogen) atoms. The van der Waals surface area contributed by atoms with Crippen LogP contribution in [0.1, 0.15) is 28.7 Å². The normalized spacial score (nSPS) is 15.4. The third kappa shape index (κ3) is 2.99. The van der Waals surface area contributed by atoms with Gasteiger partial charge >= 0.3 is 157 Å². The Morgan fingerprint density at radius 1 is 0.680 bits per heavy atom. The van der Waals surface area contributed by atoms with Gasteiger partial charge in [-0.15, -0.1) is 0 Å². The minimum absolute atomic E-state index is 0.0528. The standard InChI is InChI=1S/C24H22Se/c1-18-8-12-20(13-9-18)24(21-14-10-19(2)11-15-21)17-16-23(24)25-22-6-4-3-5-7-22/h3-16H,17H2,1-2H3. The molecule has 124 valence electrons. The third-order valence-electron chi connectivity index (χ3n) is 5.07. The van der Waals surface area contributed by atoms with Gasteiger partial charge in [-0.2, -0.15) is 0 Å². The second-order valence-corrected chi connectivity index (χ2v) is 9.17. The molecule has 0 unspecified atom stereocenters. The Morgan fingerprint density at radius 2 is 1.20 bits per heavy atom. The summed E-state index contributed by atoms with van der Waals surface area (Å²) in [6.07, 6.45) is 3.55. The molecule has 0 heterocycles. The molecule has 1 aliphatic rings. The number of rotatable bonds is 4. The second-order valence-electron chi connectivity index (χ2n) is 6.82. The molecule has 0 saturated heterocycles. The summed E-state index contributed by atoms with van der Waals surface area (Å²) in [5.41, 5.74) is 5.55. The van der Waals surface area contributed by atoms with Crippen LogP contribution in [0.3, 0.4) is 0 Å². The maximum absolute atomic E-state index is 2.45. The molecular weight excluding hydrogens is 367 g/mol. The maximum atomic E-state index is 2.45. The molecule has 0 N–H and O–H groups in total. The van der Waals surface area contributed by atoms with E-state index in [0.29, 0.717) is 15.0 Å². The number of hydrogen-bond donors (Lipinski definition) is 0. The van der Waals surface area contributed by atoms with Gasteiger partial charge in [0.1, 0.15) is 0 Å². The van der Waals surface area contributed by atoms with E-state index in [1.165, 1.54) is 26.7 Å². The number of allylic oxidation sites excluding steroid dienone is 2. The van der Waals surface area contributed by atoms with Gasteiger partial charge in [-0.3, -0.25) is 0 Å². The summed E-state index contributed by atoms with van der Waals surface area (Å²) < 4.78 is 3.03. The average molecular weight is 389 g/mol. The molecule has 0 radical (unpaired) electrons. The molecule has 1 heteroatoms. The summed E-state index contributed by atoms with van der Waals surface area (Å²) in [7, 11) is 0. The van der Waals surface area contributed by atoms with E-state index in [0.717, 1.165) is 6.42 Å². The zero-order valence-corrected chi connectivity index (χ0v) is 16.4. The Balaban J connectivity index is 1.79. The van der Waals surface area contributed by atoms with E-state index in [9.17, 15) is 0 Å². The van der Waals surface area contributed by atoms with E-state index in [-0.39, 0.29) is 5.41 Å². The molecule has 3 aromatic rings. The van der Waals surface area contributed by atoms with Gasteiger partial charge < -0.3 is 0 Å². The molecule has 0 bridgehead atoms. The molecule has 0 atom stereocenters. The van der Waals surface area contributed by atoms with E-state index < -0.39 is 0 Å². The van der Waals surface area contributed by atoms with Crippen molar-refractivity contribution < 1.29 is 0 Å². The van der Waals surface area contributed by atoms with E-state index in [4.69, 9.17) is 0 Å². The van der Waals surface area contributed by atoms with E-state index in [1.807, 2.05) is 0 Å². The summed E-state index contributed by atoms with van der Waals surface area (Å²) in [5.74, 6) is 0. The summed E-state index contributed by atoms with van der Waals surface area (Å²) in [5, 5.41) is 0. The van der Waals surface area contributed by atoms with Gasteiger partial charge in [-0.25, -0.2) is 0 Å². The Morgan fingerprint density at radius 3 is 1.64 bits per heavy atom. The third-order valence-corrected chi connectivity index (χ3v) is 7.68. The zero-order valence-electron chi connectivity index (χ0n) is 14.7. The summed E-state index contributed by atoms with van der Waals surface area (Å²) in [6, 6.07) is 29.2. The van der Waals surface area contributed by atoms with Gasteiger partial charge in [0.25, 0.3) is 0 Å². The first-order valence-corrected chi connectivity index (χ1v) is 10.5. The molecule has 0 aliphatic heterocycles. The molecule has 0 saturated carbocycles. The van der Waals surface area contributed by atoms with Gasteiger partial charge in [0.05, 0.1) is 0 Å². The van der Waals surface area contributed by atoms with Crippen molar-refractivity contribution in [2.75, 3.05) is 0 Å².